The van der Waals surface area contributed by atoms with Crippen LogP contribution in [0.4, 0.5) is 5.69 Å². The first-order valence-electron chi connectivity index (χ1n) is 8.92. The van der Waals surface area contributed by atoms with Crippen molar-refractivity contribution in [1.29, 1.82) is 5.26 Å². The lowest BCUT2D eigenvalue weighted by Crippen LogP contribution is -2.14. The number of anilines is 1. The van der Waals surface area contributed by atoms with Gasteiger partial charge in [0.1, 0.15) is 23.2 Å². The zero-order chi connectivity index (χ0) is 21.8. The van der Waals surface area contributed by atoms with Crippen molar-refractivity contribution >= 4 is 35.2 Å². The van der Waals surface area contributed by atoms with Crippen LogP contribution in [0, 0.1) is 25.2 Å². The van der Waals surface area contributed by atoms with Crippen molar-refractivity contribution < 1.29 is 19.1 Å². The van der Waals surface area contributed by atoms with Gasteiger partial charge in [-0.05, 0) is 61.4 Å². The van der Waals surface area contributed by atoms with Gasteiger partial charge in [0.15, 0.2) is 0 Å². The van der Waals surface area contributed by atoms with Gasteiger partial charge in [-0.15, -0.1) is 0 Å². The molecule has 0 aliphatic rings. The summed E-state index contributed by atoms with van der Waals surface area (Å²) >= 11 is 6.16. The van der Waals surface area contributed by atoms with Crippen LogP contribution in [0.5, 0.6) is 0 Å². The van der Waals surface area contributed by atoms with Gasteiger partial charge in [-0.1, -0.05) is 23.7 Å². The SMILES string of the molecule is Cc1cccc(NC(=O)/C(C#N)=C/c2ccc(-c3cc(C(=O)O)ccc3Cl)o2)c1C. The van der Waals surface area contributed by atoms with Gasteiger partial charge in [-0.25, -0.2) is 4.79 Å². The number of amides is 1. The van der Waals surface area contributed by atoms with E-state index in [0.29, 0.717) is 22.0 Å². The number of benzene rings is 2. The number of hydrogen-bond acceptors (Lipinski definition) is 4. The number of carbonyl (C=O) groups excluding carboxylic acids is 1. The maximum absolute atomic E-state index is 12.5. The third-order valence-corrected chi connectivity index (χ3v) is 4.94. The number of carbonyl (C=O) groups is 2. The van der Waals surface area contributed by atoms with Crippen molar-refractivity contribution in [2.45, 2.75) is 13.8 Å². The second-order valence-corrected chi connectivity index (χ2v) is 6.98. The van der Waals surface area contributed by atoms with Crippen molar-refractivity contribution in [1.82, 2.24) is 0 Å². The molecule has 0 unspecified atom stereocenters. The largest absolute Gasteiger partial charge is 0.478 e. The van der Waals surface area contributed by atoms with Gasteiger partial charge >= 0.3 is 5.97 Å². The van der Waals surface area contributed by atoms with E-state index >= 15 is 0 Å². The van der Waals surface area contributed by atoms with Gasteiger partial charge < -0.3 is 14.8 Å². The number of furan rings is 1. The summed E-state index contributed by atoms with van der Waals surface area (Å²) in [5.74, 6) is -1.07. The normalized spacial score (nSPS) is 11.1. The molecule has 0 bridgehead atoms. The van der Waals surface area contributed by atoms with E-state index in [-0.39, 0.29) is 16.9 Å². The molecule has 6 nitrogen and oxygen atoms in total. The Morgan fingerprint density at radius 1 is 1.17 bits per heavy atom. The number of aryl methyl sites for hydroxylation is 1. The molecule has 0 spiro atoms. The molecule has 7 heteroatoms. The zero-order valence-electron chi connectivity index (χ0n) is 16.2. The maximum atomic E-state index is 12.5. The van der Waals surface area contributed by atoms with Crippen LogP contribution in [0.25, 0.3) is 17.4 Å². The van der Waals surface area contributed by atoms with Crippen LogP contribution in [0.1, 0.15) is 27.2 Å². The summed E-state index contributed by atoms with van der Waals surface area (Å²) in [5.41, 5.74) is 2.88. The zero-order valence-corrected chi connectivity index (χ0v) is 16.9. The van der Waals surface area contributed by atoms with Crippen LogP contribution in [-0.2, 0) is 4.79 Å². The highest BCUT2D eigenvalue weighted by atomic mass is 35.5. The third kappa shape index (κ3) is 4.43. The summed E-state index contributed by atoms with van der Waals surface area (Å²) in [4.78, 5) is 23.7. The molecule has 0 atom stereocenters. The number of hydrogen-bond donors (Lipinski definition) is 2. The first kappa shape index (κ1) is 20.9. The Bertz CT molecular complexity index is 1220. The minimum atomic E-state index is -1.09. The second-order valence-electron chi connectivity index (χ2n) is 6.57. The fourth-order valence-corrected chi connectivity index (χ4v) is 3.00. The first-order chi connectivity index (χ1) is 14.3. The summed E-state index contributed by atoms with van der Waals surface area (Å²) in [6.07, 6.45) is 1.32. The molecule has 0 aliphatic heterocycles. The van der Waals surface area contributed by atoms with E-state index < -0.39 is 11.9 Å². The van der Waals surface area contributed by atoms with Gasteiger partial charge in [0, 0.05) is 17.3 Å². The minimum absolute atomic E-state index is 0.0634. The number of nitrogens with one attached hydrogen (secondary N) is 1. The van der Waals surface area contributed by atoms with Gasteiger partial charge in [0.05, 0.1) is 10.6 Å². The number of carboxylic acid groups (broad SMARTS) is 1. The number of nitrogens with zero attached hydrogens (tertiary/aromatic N) is 1. The first-order valence-corrected chi connectivity index (χ1v) is 9.30. The quantitative estimate of drug-likeness (QED) is 0.421. The molecule has 1 aromatic heterocycles. The Morgan fingerprint density at radius 3 is 2.63 bits per heavy atom. The summed E-state index contributed by atoms with van der Waals surface area (Å²) in [6, 6.07) is 14.8. The molecular weight excluding hydrogens is 404 g/mol. The Hall–Kier alpha value is -3.82. The fourth-order valence-electron chi connectivity index (χ4n) is 2.79. The summed E-state index contributed by atoms with van der Waals surface area (Å²) < 4.78 is 5.68. The van der Waals surface area contributed by atoms with Crippen LogP contribution in [-0.4, -0.2) is 17.0 Å². The average Bonchev–Trinajstić information content (AvgIpc) is 3.18. The fraction of sp³-hybridized carbons (Fsp3) is 0.0870. The Morgan fingerprint density at radius 2 is 1.93 bits per heavy atom. The summed E-state index contributed by atoms with van der Waals surface area (Å²) in [5, 5.41) is 21.6. The van der Waals surface area contributed by atoms with Crippen molar-refractivity contribution in [2.75, 3.05) is 5.32 Å². The molecule has 2 N–H and O–H groups in total. The lowest BCUT2D eigenvalue weighted by molar-refractivity contribution is -0.112. The Balaban J connectivity index is 1.88. The van der Waals surface area contributed by atoms with Gasteiger partial charge in [-0.2, -0.15) is 5.26 Å². The molecule has 0 fully saturated rings. The molecule has 1 amide bonds. The highest BCUT2D eigenvalue weighted by molar-refractivity contribution is 6.33. The van der Waals surface area contributed by atoms with Gasteiger partial charge in [0.25, 0.3) is 5.91 Å². The van der Waals surface area contributed by atoms with Crippen molar-refractivity contribution in [3.05, 3.63) is 81.6 Å². The molecule has 1 heterocycles. The molecular formula is C23H17ClN2O4. The third-order valence-electron chi connectivity index (χ3n) is 4.61. The molecule has 2 aromatic carbocycles. The number of halogens is 1. The van der Waals surface area contributed by atoms with E-state index in [1.807, 2.05) is 32.0 Å². The number of nitriles is 1. The predicted molar refractivity (Wildman–Crippen MR) is 114 cm³/mol. The molecule has 150 valence electrons. The van der Waals surface area contributed by atoms with E-state index in [1.165, 1.54) is 24.3 Å². The van der Waals surface area contributed by atoms with Crippen LogP contribution < -0.4 is 5.32 Å². The lowest BCUT2D eigenvalue weighted by atomic mass is 10.1. The van der Waals surface area contributed by atoms with Crippen LogP contribution in [0.15, 0.2) is 58.5 Å². The number of rotatable bonds is 5. The Labute approximate surface area is 178 Å². The van der Waals surface area contributed by atoms with Gasteiger partial charge in [-0.3, -0.25) is 4.79 Å². The topological polar surface area (TPSA) is 103 Å². The van der Waals surface area contributed by atoms with E-state index in [1.54, 1.807) is 18.2 Å². The van der Waals surface area contributed by atoms with Crippen molar-refractivity contribution in [2.24, 2.45) is 0 Å². The van der Waals surface area contributed by atoms with Gasteiger partial charge in [0.2, 0.25) is 0 Å². The van der Waals surface area contributed by atoms with E-state index in [2.05, 4.69) is 5.32 Å². The number of aromatic carboxylic acids is 1. The smallest absolute Gasteiger partial charge is 0.335 e. The van der Waals surface area contributed by atoms with E-state index in [4.69, 9.17) is 21.1 Å². The molecule has 30 heavy (non-hydrogen) atoms. The highest BCUT2D eigenvalue weighted by Crippen LogP contribution is 2.31. The summed E-state index contributed by atoms with van der Waals surface area (Å²) in [7, 11) is 0. The summed E-state index contributed by atoms with van der Waals surface area (Å²) in [6.45, 7) is 3.81. The maximum Gasteiger partial charge on any atom is 0.335 e. The average molecular weight is 421 g/mol. The molecule has 0 radical (unpaired) electrons. The van der Waals surface area contributed by atoms with Crippen molar-refractivity contribution in [3.8, 4) is 17.4 Å². The van der Waals surface area contributed by atoms with Crippen LogP contribution in [0.3, 0.4) is 0 Å². The molecule has 0 saturated carbocycles. The molecule has 0 saturated heterocycles. The lowest BCUT2D eigenvalue weighted by Gasteiger charge is -2.09. The second kappa shape index (κ2) is 8.68. The standard InChI is InChI=1S/C23H17ClN2O4/c1-13-4-3-5-20(14(13)2)26-22(27)16(12-25)10-17-7-9-21(30-17)18-11-15(23(28)29)6-8-19(18)24/h3-11H,1-2H3,(H,26,27)(H,28,29)/b16-10+. The molecule has 3 rings (SSSR count). The van der Waals surface area contributed by atoms with Crippen LogP contribution >= 0.6 is 11.6 Å². The van der Waals surface area contributed by atoms with Crippen molar-refractivity contribution in [3.63, 3.8) is 0 Å². The molecule has 0 aliphatic carbocycles. The van der Waals surface area contributed by atoms with E-state index in [9.17, 15) is 14.9 Å². The van der Waals surface area contributed by atoms with Crippen LogP contribution in [0.2, 0.25) is 5.02 Å². The minimum Gasteiger partial charge on any atom is -0.478 e. The predicted octanol–water partition coefficient (Wildman–Crippen LogP) is 5.46. The number of carboxylic acids is 1. The van der Waals surface area contributed by atoms with E-state index in [0.717, 1.165) is 11.1 Å². The monoisotopic (exact) mass is 420 g/mol. The molecule has 3 aromatic rings. The Kier molecular flexibility index (Phi) is 6.05. The highest BCUT2D eigenvalue weighted by Gasteiger charge is 2.15.